The summed E-state index contributed by atoms with van der Waals surface area (Å²) in [6.07, 6.45) is 0. The van der Waals surface area contributed by atoms with Crippen molar-refractivity contribution < 1.29 is 23.5 Å². The first-order chi connectivity index (χ1) is 7.45. The molecule has 0 unspecified atom stereocenters. The highest BCUT2D eigenvalue weighted by Gasteiger charge is 2.47. The third kappa shape index (κ3) is 5.35. The van der Waals surface area contributed by atoms with Crippen molar-refractivity contribution in [3.8, 4) is 0 Å². The number of hydrogen-bond donors (Lipinski definition) is 3. The first-order valence-corrected chi connectivity index (χ1v) is 7.45. The Morgan fingerprint density at radius 1 is 1.00 bits per heavy atom. The highest BCUT2D eigenvalue weighted by atomic mass is 28.4. The molecule has 0 atom stereocenters. The van der Waals surface area contributed by atoms with Crippen LogP contribution in [0.25, 0.3) is 0 Å². The van der Waals surface area contributed by atoms with Gasteiger partial charge in [0, 0.05) is 26.4 Å². The van der Waals surface area contributed by atoms with Crippen LogP contribution in [0.15, 0.2) is 0 Å². The normalized spacial score (nSPS) is 13.1. The minimum Gasteiger partial charge on any atom is -0.374 e. The second-order valence-electron chi connectivity index (χ2n) is 3.35. The number of aliphatic hydroxyl groups is 2. The van der Waals surface area contributed by atoms with E-state index in [0.29, 0.717) is 19.8 Å². The first-order valence-electron chi connectivity index (χ1n) is 5.52. The second-order valence-corrected chi connectivity index (χ2v) is 5.93. The number of nitrogens with two attached hydrogens (primary N) is 1. The van der Waals surface area contributed by atoms with E-state index < -0.39 is 14.6 Å². The Kier molecular flexibility index (Phi) is 7.32. The van der Waals surface area contributed by atoms with Gasteiger partial charge in [0.1, 0.15) is 0 Å². The highest BCUT2D eigenvalue weighted by Crippen LogP contribution is 2.22. The van der Waals surface area contributed by atoms with Crippen LogP contribution in [0.5, 0.6) is 0 Å². The van der Waals surface area contributed by atoms with Gasteiger partial charge >= 0.3 is 8.80 Å². The summed E-state index contributed by atoms with van der Waals surface area (Å²) in [5, 5.41) is 19.1. The van der Waals surface area contributed by atoms with Crippen LogP contribution in [0.3, 0.4) is 0 Å². The molecular formula is C9H23NO5Si. The molecule has 7 heteroatoms. The molecule has 0 saturated carbocycles. The van der Waals surface area contributed by atoms with Crippen molar-refractivity contribution in [3.05, 3.63) is 0 Å². The molecule has 0 aromatic carbocycles. The number of hydrogen-bond acceptors (Lipinski definition) is 6. The molecular weight excluding hydrogens is 230 g/mol. The fraction of sp³-hybridized carbons (Fsp3) is 1.00. The largest absolute Gasteiger partial charge is 0.506 e. The smallest absolute Gasteiger partial charge is 0.374 e. The molecule has 0 saturated heterocycles. The van der Waals surface area contributed by atoms with Crippen LogP contribution in [0.4, 0.5) is 0 Å². The molecule has 0 aliphatic heterocycles. The van der Waals surface area contributed by atoms with Crippen LogP contribution >= 0.6 is 0 Å². The monoisotopic (exact) mass is 253 g/mol. The van der Waals surface area contributed by atoms with E-state index in [9.17, 15) is 10.2 Å². The standard InChI is InChI=1S/C9H23NO5Si/c1-4-13-16(14-5-2,15-6-3)8-9(11,12)7-10/h11-12H,4-8,10H2,1-3H3. The molecule has 0 rings (SSSR count). The number of rotatable bonds is 9. The summed E-state index contributed by atoms with van der Waals surface area (Å²) in [5.41, 5.74) is 5.26. The third-order valence-corrected chi connectivity index (χ3v) is 5.10. The Bertz CT molecular complexity index is 174. The second kappa shape index (κ2) is 7.33. The van der Waals surface area contributed by atoms with Gasteiger partial charge in [0.15, 0.2) is 5.79 Å². The fourth-order valence-electron chi connectivity index (χ4n) is 1.36. The molecule has 0 aromatic heterocycles. The van der Waals surface area contributed by atoms with E-state index in [1.165, 1.54) is 0 Å². The van der Waals surface area contributed by atoms with Gasteiger partial charge in [-0.25, -0.2) is 0 Å². The zero-order chi connectivity index (χ0) is 12.7. The SMILES string of the molecule is CCO[Si](CC(O)(O)CN)(OCC)OCC. The summed E-state index contributed by atoms with van der Waals surface area (Å²) in [5.74, 6) is -2.01. The fourth-order valence-corrected chi connectivity index (χ4v) is 4.07. The summed E-state index contributed by atoms with van der Waals surface area (Å²) in [7, 11) is -3.03. The Morgan fingerprint density at radius 2 is 1.38 bits per heavy atom. The van der Waals surface area contributed by atoms with Gasteiger partial charge in [-0.1, -0.05) is 0 Å². The van der Waals surface area contributed by atoms with E-state index in [4.69, 9.17) is 19.0 Å². The van der Waals surface area contributed by atoms with Gasteiger partial charge in [-0.15, -0.1) is 0 Å². The summed E-state index contributed by atoms with van der Waals surface area (Å²) in [6.45, 7) is 6.32. The average Bonchev–Trinajstić information content (AvgIpc) is 2.18. The van der Waals surface area contributed by atoms with Crippen molar-refractivity contribution >= 4 is 8.80 Å². The minimum atomic E-state index is -3.03. The Balaban J connectivity index is 4.71. The maximum absolute atomic E-state index is 9.56. The van der Waals surface area contributed by atoms with Gasteiger partial charge in [0.05, 0.1) is 6.04 Å². The predicted molar refractivity (Wildman–Crippen MR) is 61.7 cm³/mol. The summed E-state index contributed by atoms with van der Waals surface area (Å²) in [6, 6.07) is -0.119. The summed E-state index contributed by atoms with van der Waals surface area (Å²) >= 11 is 0. The Labute approximate surface area is 97.7 Å². The topological polar surface area (TPSA) is 94.2 Å². The van der Waals surface area contributed by atoms with Gasteiger partial charge in [0.2, 0.25) is 0 Å². The van der Waals surface area contributed by atoms with Crippen LogP contribution in [-0.4, -0.2) is 51.2 Å². The molecule has 0 heterocycles. The zero-order valence-corrected chi connectivity index (χ0v) is 11.2. The molecule has 0 aromatic rings. The summed E-state index contributed by atoms with van der Waals surface area (Å²) in [4.78, 5) is 0. The van der Waals surface area contributed by atoms with E-state index in [1.54, 1.807) is 20.8 Å². The summed E-state index contributed by atoms with van der Waals surface area (Å²) < 4.78 is 16.4. The molecule has 0 bridgehead atoms. The van der Waals surface area contributed by atoms with E-state index >= 15 is 0 Å². The molecule has 6 nitrogen and oxygen atoms in total. The highest BCUT2D eigenvalue weighted by molar-refractivity contribution is 6.61. The van der Waals surface area contributed by atoms with Crippen molar-refractivity contribution in [2.45, 2.75) is 32.6 Å². The van der Waals surface area contributed by atoms with Gasteiger partial charge < -0.3 is 29.2 Å². The lowest BCUT2D eigenvalue weighted by Crippen LogP contribution is -2.54. The molecule has 0 spiro atoms. The van der Waals surface area contributed by atoms with Crippen LogP contribution in [0.2, 0.25) is 6.04 Å². The van der Waals surface area contributed by atoms with Gasteiger partial charge in [-0.2, -0.15) is 0 Å². The lowest BCUT2D eigenvalue weighted by atomic mass is 10.3. The molecule has 0 aliphatic carbocycles. The van der Waals surface area contributed by atoms with Gasteiger partial charge in [0.25, 0.3) is 0 Å². The van der Waals surface area contributed by atoms with E-state index in [1.807, 2.05) is 0 Å². The molecule has 0 fully saturated rings. The minimum absolute atomic E-state index is 0.119. The maximum atomic E-state index is 9.56. The zero-order valence-electron chi connectivity index (χ0n) is 10.2. The average molecular weight is 253 g/mol. The van der Waals surface area contributed by atoms with Gasteiger partial charge in [-0.3, -0.25) is 0 Å². The van der Waals surface area contributed by atoms with E-state index in [2.05, 4.69) is 0 Å². The van der Waals surface area contributed by atoms with Gasteiger partial charge in [-0.05, 0) is 20.8 Å². The van der Waals surface area contributed by atoms with Crippen molar-refractivity contribution in [1.29, 1.82) is 0 Å². The molecule has 4 N–H and O–H groups in total. The van der Waals surface area contributed by atoms with Crippen LogP contribution in [0.1, 0.15) is 20.8 Å². The van der Waals surface area contributed by atoms with E-state index in [0.717, 1.165) is 0 Å². The third-order valence-electron chi connectivity index (χ3n) is 1.92. The van der Waals surface area contributed by atoms with Crippen molar-refractivity contribution in [2.75, 3.05) is 26.4 Å². The quantitative estimate of drug-likeness (QED) is 0.385. The first kappa shape index (κ1) is 16.0. The molecule has 0 aliphatic rings. The Hall–Kier alpha value is -0.0231. The van der Waals surface area contributed by atoms with Crippen molar-refractivity contribution in [2.24, 2.45) is 5.73 Å². The van der Waals surface area contributed by atoms with Crippen LogP contribution < -0.4 is 5.73 Å². The maximum Gasteiger partial charge on any atom is 0.506 e. The molecule has 0 amide bonds. The molecule has 98 valence electrons. The van der Waals surface area contributed by atoms with Crippen LogP contribution in [-0.2, 0) is 13.3 Å². The van der Waals surface area contributed by atoms with Crippen molar-refractivity contribution in [1.82, 2.24) is 0 Å². The van der Waals surface area contributed by atoms with E-state index in [-0.39, 0.29) is 12.6 Å². The Morgan fingerprint density at radius 3 is 1.62 bits per heavy atom. The van der Waals surface area contributed by atoms with Crippen molar-refractivity contribution in [3.63, 3.8) is 0 Å². The molecule has 0 radical (unpaired) electrons. The lowest BCUT2D eigenvalue weighted by molar-refractivity contribution is -0.145. The van der Waals surface area contributed by atoms with Crippen LogP contribution in [0, 0.1) is 0 Å². The molecule has 16 heavy (non-hydrogen) atoms. The lowest BCUT2D eigenvalue weighted by Gasteiger charge is -2.33. The predicted octanol–water partition coefficient (Wildman–Crippen LogP) is -0.326.